The van der Waals surface area contributed by atoms with Gasteiger partial charge in [0.1, 0.15) is 6.61 Å². The molecular formula is C12H24N2O2. The molecule has 1 atom stereocenters. The third-order valence-electron chi connectivity index (χ3n) is 3.09. The van der Waals surface area contributed by atoms with E-state index >= 15 is 0 Å². The lowest BCUT2D eigenvalue weighted by Gasteiger charge is -2.23. The molecule has 0 aliphatic carbocycles. The number of piperidine rings is 1. The van der Waals surface area contributed by atoms with Crippen molar-refractivity contribution in [3.05, 3.63) is 0 Å². The largest absolute Gasteiger partial charge is 0.371 e. The highest BCUT2D eigenvalue weighted by molar-refractivity contribution is 5.77. The number of ether oxygens (including phenoxy) is 1. The van der Waals surface area contributed by atoms with Gasteiger partial charge in [-0.05, 0) is 39.2 Å². The summed E-state index contributed by atoms with van der Waals surface area (Å²) in [5, 5.41) is 3.34. The Morgan fingerprint density at radius 1 is 1.44 bits per heavy atom. The summed E-state index contributed by atoms with van der Waals surface area (Å²) < 4.78 is 5.49. The Bertz CT molecular complexity index is 199. The quantitative estimate of drug-likeness (QED) is 0.733. The minimum Gasteiger partial charge on any atom is -0.371 e. The first-order valence-corrected chi connectivity index (χ1v) is 6.34. The van der Waals surface area contributed by atoms with Crippen molar-refractivity contribution in [2.45, 2.75) is 26.7 Å². The molecule has 94 valence electrons. The number of likely N-dealkylation sites (N-methyl/N-ethyl adjacent to an activating group) is 1. The fraction of sp³-hybridized carbons (Fsp3) is 0.917. The maximum atomic E-state index is 11.6. The van der Waals surface area contributed by atoms with E-state index in [9.17, 15) is 4.79 Å². The van der Waals surface area contributed by atoms with E-state index in [2.05, 4.69) is 5.32 Å². The molecule has 16 heavy (non-hydrogen) atoms. The molecule has 0 aromatic heterocycles. The minimum atomic E-state index is 0.105. The van der Waals surface area contributed by atoms with E-state index in [1.807, 2.05) is 13.8 Å². The van der Waals surface area contributed by atoms with Gasteiger partial charge in [-0.3, -0.25) is 4.79 Å². The molecule has 4 nitrogen and oxygen atoms in total. The predicted octanol–water partition coefficient (Wildman–Crippen LogP) is 0.871. The summed E-state index contributed by atoms with van der Waals surface area (Å²) >= 11 is 0. The molecule has 1 fully saturated rings. The Hall–Kier alpha value is -0.610. The topological polar surface area (TPSA) is 41.6 Å². The van der Waals surface area contributed by atoms with Crippen molar-refractivity contribution in [2.24, 2.45) is 5.92 Å². The van der Waals surface area contributed by atoms with Crippen molar-refractivity contribution >= 4 is 5.91 Å². The van der Waals surface area contributed by atoms with Gasteiger partial charge in [-0.25, -0.2) is 0 Å². The second kappa shape index (κ2) is 7.63. The summed E-state index contributed by atoms with van der Waals surface area (Å²) in [6, 6.07) is 0. The van der Waals surface area contributed by atoms with Crippen LogP contribution in [0.3, 0.4) is 0 Å². The van der Waals surface area contributed by atoms with E-state index in [4.69, 9.17) is 4.74 Å². The minimum absolute atomic E-state index is 0.105. The van der Waals surface area contributed by atoms with Crippen LogP contribution in [0.4, 0.5) is 0 Å². The molecule has 0 aromatic rings. The van der Waals surface area contributed by atoms with E-state index in [-0.39, 0.29) is 12.5 Å². The Morgan fingerprint density at radius 2 is 2.19 bits per heavy atom. The molecule has 1 rings (SSSR count). The van der Waals surface area contributed by atoms with Gasteiger partial charge in [0.25, 0.3) is 0 Å². The summed E-state index contributed by atoms with van der Waals surface area (Å²) in [6.45, 7) is 8.61. The van der Waals surface area contributed by atoms with Crippen molar-refractivity contribution in [3.8, 4) is 0 Å². The molecule has 1 aliphatic heterocycles. The average molecular weight is 228 g/mol. The number of nitrogens with zero attached hydrogens (tertiary/aromatic N) is 1. The summed E-state index contributed by atoms with van der Waals surface area (Å²) in [7, 11) is 0. The van der Waals surface area contributed by atoms with Crippen LogP contribution in [0.1, 0.15) is 26.7 Å². The van der Waals surface area contributed by atoms with Gasteiger partial charge in [-0.2, -0.15) is 0 Å². The fourth-order valence-corrected chi connectivity index (χ4v) is 2.05. The molecule has 0 aromatic carbocycles. The van der Waals surface area contributed by atoms with Crippen LogP contribution < -0.4 is 5.32 Å². The third kappa shape index (κ3) is 4.49. The summed E-state index contributed by atoms with van der Waals surface area (Å²) in [4.78, 5) is 13.4. The SMILES string of the molecule is CCN(CC)C(=O)COCC1CCCNC1. The van der Waals surface area contributed by atoms with Crippen LogP contribution in [0.2, 0.25) is 0 Å². The van der Waals surface area contributed by atoms with Crippen molar-refractivity contribution in [1.82, 2.24) is 10.2 Å². The van der Waals surface area contributed by atoms with Gasteiger partial charge in [0.05, 0.1) is 6.61 Å². The Balaban J connectivity index is 2.11. The van der Waals surface area contributed by atoms with Crippen LogP contribution in [0.15, 0.2) is 0 Å². The van der Waals surface area contributed by atoms with E-state index in [0.29, 0.717) is 12.5 Å². The third-order valence-corrected chi connectivity index (χ3v) is 3.09. The number of carbonyl (C=O) groups excluding carboxylic acids is 1. The number of nitrogens with one attached hydrogen (secondary N) is 1. The van der Waals surface area contributed by atoms with Crippen molar-refractivity contribution in [3.63, 3.8) is 0 Å². The van der Waals surface area contributed by atoms with Gasteiger partial charge in [0, 0.05) is 19.6 Å². The van der Waals surface area contributed by atoms with E-state index < -0.39 is 0 Å². The van der Waals surface area contributed by atoms with Gasteiger partial charge in [-0.15, -0.1) is 0 Å². The molecule has 1 aliphatic rings. The summed E-state index contributed by atoms with van der Waals surface area (Å²) in [5.74, 6) is 0.687. The van der Waals surface area contributed by atoms with Crippen molar-refractivity contribution in [1.29, 1.82) is 0 Å². The van der Waals surface area contributed by atoms with Crippen molar-refractivity contribution in [2.75, 3.05) is 39.4 Å². The normalized spacial score (nSPS) is 20.8. The molecule has 1 saturated heterocycles. The van der Waals surface area contributed by atoms with Crippen LogP contribution in [0.5, 0.6) is 0 Å². The molecule has 0 radical (unpaired) electrons. The van der Waals surface area contributed by atoms with Crippen LogP contribution in [-0.4, -0.2) is 50.2 Å². The molecule has 4 heteroatoms. The van der Waals surface area contributed by atoms with Crippen LogP contribution in [0.25, 0.3) is 0 Å². The van der Waals surface area contributed by atoms with Crippen LogP contribution in [-0.2, 0) is 9.53 Å². The number of carbonyl (C=O) groups is 1. The smallest absolute Gasteiger partial charge is 0.248 e. The number of amides is 1. The molecule has 1 heterocycles. The van der Waals surface area contributed by atoms with Crippen molar-refractivity contribution < 1.29 is 9.53 Å². The van der Waals surface area contributed by atoms with E-state index in [1.54, 1.807) is 4.90 Å². The van der Waals surface area contributed by atoms with Gasteiger partial charge in [-0.1, -0.05) is 0 Å². The average Bonchev–Trinajstić information content (AvgIpc) is 2.32. The highest BCUT2D eigenvalue weighted by Gasteiger charge is 2.14. The van der Waals surface area contributed by atoms with E-state index in [1.165, 1.54) is 12.8 Å². The van der Waals surface area contributed by atoms with E-state index in [0.717, 1.165) is 26.2 Å². The molecule has 0 saturated carbocycles. The predicted molar refractivity (Wildman–Crippen MR) is 64.3 cm³/mol. The maximum absolute atomic E-state index is 11.6. The van der Waals surface area contributed by atoms with Crippen LogP contribution >= 0.6 is 0 Å². The lowest BCUT2D eigenvalue weighted by atomic mass is 10.0. The molecule has 0 bridgehead atoms. The van der Waals surface area contributed by atoms with Gasteiger partial charge < -0.3 is 15.0 Å². The summed E-state index contributed by atoms with van der Waals surface area (Å²) in [6.07, 6.45) is 2.43. The molecular weight excluding hydrogens is 204 g/mol. The second-order valence-electron chi connectivity index (χ2n) is 4.29. The maximum Gasteiger partial charge on any atom is 0.248 e. The number of rotatable bonds is 6. The number of hydrogen-bond acceptors (Lipinski definition) is 3. The first-order valence-electron chi connectivity index (χ1n) is 6.34. The fourth-order valence-electron chi connectivity index (χ4n) is 2.05. The summed E-state index contributed by atoms with van der Waals surface area (Å²) in [5.41, 5.74) is 0. The Labute approximate surface area is 98.3 Å². The van der Waals surface area contributed by atoms with Gasteiger partial charge >= 0.3 is 0 Å². The monoisotopic (exact) mass is 228 g/mol. The van der Waals surface area contributed by atoms with Crippen LogP contribution in [0, 0.1) is 5.92 Å². The molecule has 1 amide bonds. The Morgan fingerprint density at radius 3 is 2.75 bits per heavy atom. The van der Waals surface area contributed by atoms with Gasteiger partial charge in [0.2, 0.25) is 5.91 Å². The zero-order valence-corrected chi connectivity index (χ0v) is 10.5. The highest BCUT2D eigenvalue weighted by Crippen LogP contribution is 2.09. The first-order chi connectivity index (χ1) is 7.77. The Kier molecular flexibility index (Phi) is 6.42. The lowest BCUT2D eigenvalue weighted by molar-refractivity contribution is -0.136. The lowest BCUT2D eigenvalue weighted by Crippen LogP contribution is -2.36. The molecule has 0 spiro atoms. The first kappa shape index (κ1) is 13.5. The second-order valence-corrected chi connectivity index (χ2v) is 4.29. The highest BCUT2D eigenvalue weighted by atomic mass is 16.5. The zero-order chi connectivity index (χ0) is 11.8. The number of hydrogen-bond donors (Lipinski definition) is 1. The molecule has 1 unspecified atom stereocenters. The standard InChI is InChI=1S/C12H24N2O2/c1-3-14(4-2)12(15)10-16-9-11-6-5-7-13-8-11/h11,13H,3-10H2,1-2H3. The zero-order valence-electron chi connectivity index (χ0n) is 10.5. The van der Waals surface area contributed by atoms with Gasteiger partial charge in [0.15, 0.2) is 0 Å². The molecule has 1 N–H and O–H groups in total.